The van der Waals surface area contributed by atoms with Crippen molar-refractivity contribution in [2.75, 3.05) is 38.5 Å². The summed E-state index contributed by atoms with van der Waals surface area (Å²) in [6.45, 7) is 1.23. The molecular formula is C12H20N2O4. The van der Waals surface area contributed by atoms with Gasteiger partial charge in [-0.3, -0.25) is 0 Å². The van der Waals surface area contributed by atoms with Crippen LogP contribution in [0.2, 0.25) is 0 Å². The lowest BCUT2D eigenvalue weighted by molar-refractivity contribution is 0.147. The monoisotopic (exact) mass is 256 g/mol. The van der Waals surface area contributed by atoms with Crippen LogP contribution >= 0.6 is 0 Å². The third-order valence-corrected chi connectivity index (χ3v) is 2.69. The summed E-state index contributed by atoms with van der Waals surface area (Å²) < 4.78 is 10.3. The lowest BCUT2D eigenvalue weighted by Gasteiger charge is -2.28. The van der Waals surface area contributed by atoms with Crippen molar-refractivity contribution in [1.82, 2.24) is 0 Å². The third-order valence-electron chi connectivity index (χ3n) is 2.69. The molecule has 0 aromatic heterocycles. The fraction of sp³-hybridized carbons (Fsp3) is 0.500. The number of aliphatic hydroxyl groups is 2. The molecular weight excluding hydrogens is 236 g/mol. The number of ether oxygens (including phenoxy) is 2. The standard InChI is InChI=1S/C12H20N2O4/c1-12(6-15,7-16)14-9-5-11(18-3)10(17-2)4-8(9)13/h4-5,14-16H,6-7,13H2,1-3H3. The van der Waals surface area contributed by atoms with E-state index in [1.54, 1.807) is 19.1 Å². The van der Waals surface area contributed by atoms with E-state index in [0.29, 0.717) is 22.9 Å². The fourth-order valence-corrected chi connectivity index (χ4v) is 1.46. The van der Waals surface area contributed by atoms with Crippen LogP contribution in [0.4, 0.5) is 11.4 Å². The van der Waals surface area contributed by atoms with E-state index in [1.807, 2.05) is 0 Å². The number of nitrogens with one attached hydrogen (secondary N) is 1. The van der Waals surface area contributed by atoms with Gasteiger partial charge in [-0.1, -0.05) is 0 Å². The van der Waals surface area contributed by atoms with Crippen LogP contribution in [0.5, 0.6) is 11.5 Å². The summed E-state index contributed by atoms with van der Waals surface area (Å²) >= 11 is 0. The van der Waals surface area contributed by atoms with E-state index in [2.05, 4.69) is 5.32 Å². The Hall–Kier alpha value is -1.66. The molecule has 0 atom stereocenters. The Balaban J connectivity index is 3.10. The number of hydrogen-bond donors (Lipinski definition) is 4. The predicted molar refractivity (Wildman–Crippen MR) is 70.2 cm³/mol. The quantitative estimate of drug-likeness (QED) is 0.551. The van der Waals surface area contributed by atoms with E-state index in [9.17, 15) is 10.2 Å². The van der Waals surface area contributed by atoms with Gasteiger partial charge in [0.25, 0.3) is 0 Å². The molecule has 1 aromatic carbocycles. The number of anilines is 2. The van der Waals surface area contributed by atoms with Crippen molar-refractivity contribution in [3.8, 4) is 11.5 Å². The van der Waals surface area contributed by atoms with Gasteiger partial charge in [-0.2, -0.15) is 0 Å². The molecule has 6 heteroatoms. The number of aliphatic hydroxyl groups excluding tert-OH is 2. The lowest BCUT2D eigenvalue weighted by Crippen LogP contribution is -2.42. The van der Waals surface area contributed by atoms with E-state index in [4.69, 9.17) is 15.2 Å². The summed E-state index contributed by atoms with van der Waals surface area (Å²) in [6, 6.07) is 3.29. The van der Waals surface area contributed by atoms with Crippen molar-refractivity contribution >= 4 is 11.4 Å². The maximum Gasteiger partial charge on any atom is 0.162 e. The highest BCUT2D eigenvalue weighted by Gasteiger charge is 2.23. The van der Waals surface area contributed by atoms with Gasteiger partial charge in [0, 0.05) is 12.1 Å². The Labute approximate surface area is 106 Å². The van der Waals surface area contributed by atoms with Gasteiger partial charge >= 0.3 is 0 Å². The Morgan fingerprint density at radius 1 is 1.17 bits per heavy atom. The fourth-order valence-electron chi connectivity index (χ4n) is 1.46. The van der Waals surface area contributed by atoms with Gasteiger partial charge in [-0.05, 0) is 6.92 Å². The second kappa shape index (κ2) is 5.79. The van der Waals surface area contributed by atoms with Crippen molar-refractivity contribution < 1.29 is 19.7 Å². The van der Waals surface area contributed by atoms with Crippen LogP contribution in [-0.4, -0.2) is 43.2 Å². The lowest BCUT2D eigenvalue weighted by atomic mass is 10.0. The molecule has 18 heavy (non-hydrogen) atoms. The van der Waals surface area contributed by atoms with E-state index in [1.165, 1.54) is 14.2 Å². The molecule has 102 valence electrons. The average molecular weight is 256 g/mol. The van der Waals surface area contributed by atoms with E-state index >= 15 is 0 Å². The first-order chi connectivity index (χ1) is 8.49. The van der Waals surface area contributed by atoms with Crippen molar-refractivity contribution in [2.24, 2.45) is 0 Å². The Bertz CT molecular complexity index is 405. The Morgan fingerprint density at radius 2 is 1.67 bits per heavy atom. The normalized spacial score (nSPS) is 11.2. The summed E-state index contributed by atoms with van der Waals surface area (Å²) in [4.78, 5) is 0. The van der Waals surface area contributed by atoms with Crippen molar-refractivity contribution in [3.63, 3.8) is 0 Å². The van der Waals surface area contributed by atoms with Crippen LogP contribution in [0.25, 0.3) is 0 Å². The van der Waals surface area contributed by atoms with E-state index in [0.717, 1.165) is 0 Å². The molecule has 0 aliphatic heterocycles. The first-order valence-corrected chi connectivity index (χ1v) is 5.51. The first-order valence-electron chi connectivity index (χ1n) is 5.51. The number of nitrogen functional groups attached to an aromatic ring is 1. The minimum Gasteiger partial charge on any atom is -0.493 e. The summed E-state index contributed by atoms with van der Waals surface area (Å²) in [5, 5.41) is 21.5. The minimum absolute atomic E-state index is 0.225. The van der Waals surface area contributed by atoms with Gasteiger partial charge < -0.3 is 30.7 Å². The number of hydrogen-bond acceptors (Lipinski definition) is 6. The molecule has 0 fully saturated rings. The average Bonchev–Trinajstić information content (AvgIpc) is 2.40. The highest BCUT2D eigenvalue weighted by molar-refractivity contribution is 5.72. The molecule has 6 nitrogen and oxygen atoms in total. The van der Waals surface area contributed by atoms with Crippen LogP contribution in [0.15, 0.2) is 12.1 Å². The molecule has 0 saturated heterocycles. The van der Waals surface area contributed by atoms with Crippen LogP contribution in [-0.2, 0) is 0 Å². The molecule has 5 N–H and O–H groups in total. The Morgan fingerprint density at radius 3 is 2.11 bits per heavy atom. The summed E-state index contributed by atoms with van der Waals surface area (Å²) in [5.41, 5.74) is 6.04. The molecule has 0 amide bonds. The second-order valence-electron chi connectivity index (χ2n) is 4.30. The first kappa shape index (κ1) is 14.4. The molecule has 0 spiro atoms. The summed E-state index contributed by atoms with van der Waals surface area (Å²) in [7, 11) is 3.05. The molecule has 0 bridgehead atoms. The molecule has 1 rings (SSSR count). The predicted octanol–water partition coefficient (Wildman–Crippen LogP) is 0.441. The molecule has 0 saturated carbocycles. The maximum atomic E-state index is 9.25. The topological polar surface area (TPSA) is 97.0 Å². The maximum absolute atomic E-state index is 9.25. The van der Waals surface area contributed by atoms with Crippen molar-refractivity contribution in [2.45, 2.75) is 12.5 Å². The number of rotatable bonds is 6. The smallest absolute Gasteiger partial charge is 0.162 e. The highest BCUT2D eigenvalue weighted by Crippen LogP contribution is 2.35. The van der Waals surface area contributed by atoms with Crippen LogP contribution in [0.1, 0.15) is 6.92 Å². The van der Waals surface area contributed by atoms with Crippen LogP contribution < -0.4 is 20.5 Å². The van der Waals surface area contributed by atoms with E-state index in [-0.39, 0.29) is 13.2 Å². The minimum atomic E-state index is -0.853. The molecule has 0 aliphatic rings. The molecule has 0 aliphatic carbocycles. The SMILES string of the molecule is COc1cc(N)c(NC(C)(CO)CO)cc1OC. The third kappa shape index (κ3) is 2.96. The zero-order valence-corrected chi connectivity index (χ0v) is 10.9. The molecule has 0 heterocycles. The van der Waals surface area contributed by atoms with E-state index < -0.39 is 5.54 Å². The van der Waals surface area contributed by atoms with Gasteiger partial charge in [0.1, 0.15) is 0 Å². The summed E-state index contributed by atoms with van der Waals surface area (Å²) in [5.74, 6) is 1.04. The van der Waals surface area contributed by atoms with Gasteiger partial charge in [0.2, 0.25) is 0 Å². The summed E-state index contributed by atoms with van der Waals surface area (Å²) in [6.07, 6.45) is 0. The number of methoxy groups -OCH3 is 2. The highest BCUT2D eigenvalue weighted by atomic mass is 16.5. The second-order valence-corrected chi connectivity index (χ2v) is 4.30. The zero-order valence-electron chi connectivity index (χ0n) is 10.9. The van der Waals surface area contributed by atoms with Crippen molar-refractivity contribution in [1.29, 1.82) is 0 Å². The largest absolute Gasteiger partial charge is 0.493 e. The van der Waals surface area contributed by atoms with Gasteiger partial charge in [-0.15, -0.1) is 0 Å². The van der Waals surface area contributed by atoms with Crippen molar-refractivity contribution in [3.05, 3.63) is 12.1 Å². The zero-order chi connectivity index (χ0) is 13.8. The van der Waals surface area contributed by atoms with Gasteiger partial charge in [0.15, 0.2) is 11.5 Å². The Kier molecular flexibility index (Phi) is 4.63. The van der Waals surface area contributed by atoms with Gasteiger partial charge in [-0.25, -0.2) is 0 Å². The molecule has 0 radical (unpaired) electrons. The molecule has 1 aromatic rings. The van der Waals surface area contributed by atoms with Crippen LogP contribution in [0, 0.1) is 0 Å². The number of nitrogens with two attached hydrogens (primary N) is 1. The van der Waals surface area contributed by atoms with Crippen LogP contribution in [0.3, 0.4) is 0 Å². The number of benzene rings is 1. The molecule has 0 unspecified atom stereocenters. The van der Waals surface area contributed by atoms with Gasteiger partial charge in [0.05, 0.1) is 44.3 Å².